The minimum atomic E-state index is -0.594. The number of rotatable bonds is 9. The van der Waals surface area contributed by atoms with Crippen LogP contribution in [0.5, 0.6) is 0 Å². The molecule has 0 aliphatic heterocycles. The van der Waals surface area contributed by atoms with E-state index in [0.29, 0.717) is 0 Å². The second kappa shape index (κ2) is 10.8. The Morgan fingerprint density at radius 3 is 2.20 bits per heavy atom. The summed E-state index contributed by atoms with van der Waals surface area (Å²) in [6.07, 6.45) is 0.832. The lowest BCUT2D eigenvalue weighted by Crippen LogP contribution is -2.47. The molecule has 0 bridgehead atoms. The van der Waals surface area contributed by atoms with Gasteiger partial charge in [-0.05, 0) is 39.3 Å². The number of anilines is 1. The maximum atomic E-state index is 11.9. The number of amides is 3. The molecule has 0 aromatic heterocycles. The van der Waals surface area contributed by atoms with Crippen molar-refractivity contribution in [1.82, 2.24) is 10.6 Å². The summed E-state index contributed by atoms with van der Waals surface area (Å²) in [6.45, 7) is 7.51. The zero-order valence-corrected chi connectivity index (χ0v) is 16.0. The highest BCUT2D eigenvalue weighted by atomic mass is 32.2. The van der Waals surface area contributed by atoms with E-state index in [1.54, 1.807) is 6.92 Å². The lowest BCUT2D eigenvalue weighted by Gasteiger charge is -2.17. The van der Waals surface area contributed by atoms with Crippen LogP contribution in [0.3, 0.4) is 0 Å². The number of benzene rings is 1. The first-order chi connectivity index (χ1) is 11.8. The van der Waals surface area contributed by atoms with Crippen LogP contribution in [0.2, 0.25) is 0 Å². The number of hydrogen-bond acceptors (Lipinski definition) is 4. The molecule has 1 aromatic carbocycles. The molecular weight excluding hydrogens is 338 g/mol. The van der Waals surface area contributed by atoms with Crippen molar-refractivity contribution in [3.05, 3.63) is 29.8 Å². The van der Waals surface area contributed by atoms with Crippen LogP contribution >= 0.6 is 11.8 Å². The van der Waals surface area contributed by atoms with Crippen molar-refractivity contribution in [2.24, 2.45) is 0 Å². The molecule has 0 saturated carbocycles. The summed E-state index contributed by atoms with van der Waals surface area (Å²) in [7, 11) is 0. The fourth-order valence-corrected chi connectivity index (χ4v) is 2.52. The van der Waals surface area contributed by atoms with Gasteiger partial charge in [0.05, 0.1) is 11.5 Å². The molecule has 3 amide bonds. The van der Waals surface area contributed by atoms with Crippen molar-refractivity contribution in [2.75, 3.05) is 16.8 Å². The molecular formula is C18H27N3O3S. The minimum absolute atomic E-state index is 0.0756. The molecule has 0 heterocycles. The molecule has 2 atom stereocenters. The van der Waals surface area contributed by atoms with Crippen molar-refractivity contribution < 1.29 is 14.4 Å². The largest absolute Gasteiger partial charge is 0.352 e. The quantitative estimate of drug-likeness (QED) is 0.625. The van der Waals surface area contributed by atoms with Crippen molar-refractivity contribution in [1.29, 1.82) is 0 Å². The number of hydrogen-bond donors (Lipinski definition) is 3. The average Bonchev–Trinajstić information content (AvgIpc) is 2.56. The van der Waals surface area contributed by atoms with E-state index in [4.69, 9.17) is 0 Å². The number of thioether (sulfide) groups is 1. The highest BCUT2D eigenvalue weighted by Gasteiger charge is 2.17. The summed E-state index contributed by atoms with van der Waals surface area (Å²) in [5.74, 6) is -0.328. The first-order valence-corrected chi connectivity index (χ1v) is 9.51. The van der Waals surface area contributed by atoms with E-state index in [2.05, 4.69) is 16.0 Å². The van der Waals surface area contributed by atoms with Gasteiger partial charge in [0.15, 0.2) is 0 Å². The van der Waals surface area contributed by atoms with Crippen LogP contribution in [0.15, 0.2) is 24.3 Å². The Bertz CT molecular complexity index is 590. The fraction of sp³-hybridized carbons (Fsp3) is 0.500. The molecule has 2 unspecified atom stereocenters. The summed E-state index contributed by atoms with van der Waals surface area (Å²) >= 11 is 1.21. The van der Waals surface area contributed by atoms with Crippen molar-refractivity contribution in [2.45, 2.75) is 46.2 Å². The van der Waals surface area contributed by atoms with Gasteiger partial charge in [-0.15, -0.1) is 11.8 Å². The van der Waals surface area contributed by atoms with Gasteiger partial charge in [-0.25, -0.2) is 0 Å². The lowest BCUT2D eigenvalue weighted by molar-refractivity contribution is -0.127. The van der Waals surface area contributed by atoms with E-state index in [9.17, 15) is 14.4 Å². The summed E-state index contributed by atoms with van der Waals surface area (Å²) in [6, 6.07) is 6.99. The normalized spacial score (nSPS) is 12.8. The average molecular weight is 365 g/mol. The van der Waals surface area contributed by atoms with Gasteiger partial charge in [-0.2, -0.15) is 0 Å². The third-order valence-corrected chi connectivity index (χ3v) is 4.51. The third-order valence-electron chi connectivity index (χ3n) is 3.57. The monoisotopic (exact) mass is 365 g/mol. The van der Waals surface area contributed by atoms with Crippen LogP contribution in [0.25, 0.3) is 0 Å². The molecule has 0 aliphatic rings. The molecule has 0 fully saturated rings. The first-order valence-electron chi connectivity index (χ1n) is 8.35. The summed E-state index contributed by atoms with van der Waals surface area (Å²) in [5.41, 5.74) is 1.85. The van der Waals surface area contributed by atoms with E-state index < -0.39 is 6.04 Å². The molecule has 0 saturated heterocycles. The van der Waals surface area contributed by atoms with Crippen molar-refractivity contribution in [3.63, 3.8) is 0 Å². The fourth-order valence-electron chi connectivity index (χ4n) is 1.89. The Kier molecular flexibility index (Phi) is 9.05. The number of carbonyl (C=O) groups excluding carboxylic acids is 3. The predicted molar refractivity (Wildman–Crippen MR) is 103 cm³/mol. The number of aryl methyl sites for hydroxylation is 1. The van der Waals surface area contributed by atoms with Gasteiger partial charge in [0.1, 0.15) is 6.04 Å². The Morgan fingerprint density at radius 2 is 1.60 bits per heavy atom. The second-order valence-electron chi connectivity index (χ2n) is 6.01. The molecule has 1 rings (SSSR count). The Labute approximate surface area is 153 Å². The summed E-state index contributed by atoms with van der Waals surface area (Å²) in [5, 5.41) is 8.23. The van der Waals surface area contributed by atoms with Crippen LogP contribution in [-0.4, -0.2) is 41.3 Å². The Morgan fingerprint density at radius 1 is 1.00 bits per heavy atom. The molecule has 6 nitrogen and oxygen atoms in total. The first kappa shape index (κ1) is 21.0. The minimum Gasteiger partial charge on any atom is -0.352 e. The second-order valence-corrected chi connectivity index (χ2v) is 7.00. The third kappa shape index (κ3) is 8.58. The predicted octanol–water partition coefficient (Wildman–Crippen LogP) is 2.09. The zero-order chi connectivity index (χ0) is 18.8. The smallest absolute Gasteiger partial charge is 0.242 e. The molecule has 1 aromatic rings. The van der Waals surface area contributed by atoms with Gasteiger partial charge < -0.3 is 16.0 Å². The summed E-state index contributed by atoms with van der Waals surface area (Å²) in [4.78, 5) is 35.5. The SMILES string of the molecule is CCC(C)NC(=O)C(C)NC(=O)CSCC(=O)Nc1ccc(C)cc1. The lowest BCUT2D eigenvalue weighted by atomic mass is 10.2. The van der Waals surface area contributed by atoms with Crippen LogP contribution < -0.4 is 16.0 Å². The van der Waals surface area contributed by atoms with Gasteiger partial charge in [0.25, 0.3) is 0 Å². The van der Waals surface area contributed by atoms with E-state index >= 15 is 0 Å². The maximum absolute atomic E-state index is 11.9. The topological polar surface area (TPSA) is 87.3 Å². The molecule has 138 valence electrons. The molecule has 0 radical (unpaired) electrons. The standard InChI is InChI=1S/C18H27N3O3S/c1-5-13(3)19-18(24)14(4)20-16(22)10-25-11-17(23)21-15-8-6-12(2)7-9-15/h6-9,13-14H,5,10-11H2,1-4H3,(H,19,24)(H,20,22)(H,21,23). The van der Waals surface area contributed by atoms with Gasteiger partial charge in [-0.3, -0.25) is 14.4 Å². The van der Waals surface area contributed by atoms with E-state index in [-0.39, 0.29) is 35.3 Å². The molecule has 25 heavy (non-hydrogen) atoms. The van der Waals surface area contributed by atoms with Crippen molar-refractivity contribution >= 4 is 35.2 Å². The summed E-state index contributed by atoms with van der Waals surface area (Å²) < 4.78 is 0. The van der Waals surface area contributed by atoms with Gasteiger partial charge in [0.2, 0.25) is 17.7 Å². The van der Waals surface area contributed by atoms with Gasteiger partial charge >= 0.3 is 0 Å². The molecule has 3 N–H and O–H groups in total. The molecule has 7 heteroatoms. The highest BCUT2D eigenvalue weighted by Crippen LogP contribution is 2.09. The van der Waals surface area contributed by atoms with Crippen LogP contribution in [-0.2, 0) is 14.4 Å². The van der Waals surface area contributed by atoms with Crippen LogP contribution in [0.4, 0.5) is 5.69 Å². The van der Waals surface area contributed by atoms with Gasteiger partial charge in [0, 0.05) is 11.7 Å². The maximum Gasteiger partial charge on any atom is 0.242 e. The number of carbonyl (C=O) groups is 3. The van der Waals surface area contributed by atoms with E-state index in [1.807, 2.05) is 45.0 Å². The van der Waals surface area contributed by atoms with Gasteiger partial charge in [-0.1, -0.05) is 24.6 Å². The molecule has 0 spiro atoms. The number of nitrogens with one attached hydrogen (secondary N) is 3. The Hall–Kier alpha value is -2.02. The van der Waals surface area contributed by atoms with Crippen LogP contribution in [0, 0.1) is 6.92 Å². The molecule has 0 aliphatic carbocycles. The highest BCUT2D eigenvalue weighted by molar-refractivity contribution is 8.00. The zero-order valence-electron chi connectivity index (χ0n) is 15.2. The van der Waals surface area contributed by atoms with E-state index in [0.717, 1.165) is 17.7 Å². The van der Waals surface area contributed by atoms with E-state index in [1.165, 1.54) is 11.8 Å². The van der Waals surface area contributed by atoms with Crippen LogP contribution in [0.1, 0.15) is 32.8 Å². The Balaban J connectivity index is 2.26. The van der Waals surface area contributed by atoms with Crippen molar-refractivity contribution in [3.8, 4) is 0 Å².